The van der Waals surface area contributed by atoms with Crippen LogP contribution in [0, 0.1) is 67.5 Å². The van der Waals surface area contributed by atoms with Crippen LogP contribution in [0.3, 0.4) is 0 Å². The van der Waals surface area contributed by atoms with Gasteiger partial charge in [-0.3, -0.25) is 14.4 Å². The van der Waals surface area contributed by atoms with Crippen molar-refractivity contribution in [2.75, 3.05) is 7.11 Å². The van der Waals surface area contributed by atoms with E-state index >= 15 is 0 Å². The Morgan fingerprint density at radius 1 is 0.974 bits per heavy atom. The first-order valence-electron chi connectivity index (χ1n) is 14.8. The fourth-order valence-corrected chi connectivity index (χ4v) is 11.1. The summed E-state index contributed by atoms with van der Waals surface area (Å²) in [6.45, 7) is 15.7. The molecule has 4 saturated carbocycles. The lowest BCUT2D eigenvalue weighted by Crippen LogP contribution is -2.68. The molecule has 38 heavy (non-hydrogen) atoms. The highest BCUT2D eigenvalue weighted by atomic mass is 16.5. The predicted octanol–water partition coefficient (Wildman–Crippen LogP) is 6.85. The lowest BCUT2D eigenvalue weighted by molar-refractivity contribution is -0.224. The molecule has 0 heterocycles. The van der Waals surface area contributed by atoms with Gasteiger partial charge in [0.2, 0.25) is 0 Å². The maximum atomic E-state index is 14.5. The van der Waals surface area contributed by atoms with Crippen LogP contribution < -0.4 is 0 Å². The zero-order chi connectivity index (χ0) is 28.1. The number of nitriles is 1. The number of hydrogen-bond acceptors (Lipinski definition) is 5. The number of fused-ring (bicyclic) bond motifs is 7. The molecule has 5 nitrogen and oxygen atoms in total. The van der Waals surface area contributed by atoms with Crippen LogP contribution in [-0.2, 0) is 19.1 Å². The SMILES string of the molecule is COC(=O)C[C@@]12CCC(C)(C)C[C@@H]1[C@H]1C(=O)C[C@@H]3[C@@]4(C)C=C(C#N)C(=O)C(C)(C)[C@@H]4CC[C@@]3(C)[C@]1(C)CC2. The van der Waals surface area contributed by atoms with Crippen molar-refractivity contribution in [1.82, 2.24) is 0 Å². The summed E-state index contributed by atoms with van der Waals surface area (Å²) in [5.74, 6) is 0.447. The summed E-state index contributed by atoms with van der Waals surface area (Å²) in [5.41, 5.74) is -1.04. The van der Waals surface area contributed by atoms with E-state index in [0.717, 1.165) is 44.9 Å². The third-order valence-electron chi connectivity index (χ3n) is 13.4. The molecule has 5 aliphatic rings. The molecule has 5 aliphatic carbocycles. The molecular formula is C33H47NO4. The molecule has 208 valence electrons. The normalized spacial score (nSPS) is 46.9. The van der Waals surface area contributed by atoms with Gasteiger partial charge in [0.05, 0.1) is 19.1 Å². The lowest BCUT2D eigenvalue weighted by atomic mass is 9.31. The third-order valence-corrected chi connectivity index (χ3v) is 13.4. The van der Waals surface area contributed by atoms with Crippen LogP contribution in [-0.4, -0.2) is 24.6 Å². The number of carbonyl (C=O) groups is 3. The van der Waals surface area contributed by atoms with E-state index < -0.39 is 5.41 Å². The van der Waals surface area contributed by atoms with E-state index in [1.54, 1.807) is 0 Å². The Hall–Kier alpha value is -1.96. The molecule has 8 atom stereocenters. The van der Waals surface area contributed by atoms with Gasteiger partial charge in [0.15, 0.2) is 5.78 Å². The molecule has 0 aliphatic heterocycles. The lowest BCUT2D eigenvalue weighted by Gasteiger charge is -2.72. The Labute approximate surface area is 229 Å². The van der Waals surface area contributed by atoms with E-state index in [9.17, 15) is 19.6 Å². The number of rotatable bonds is 2. The average molecular weight is 522 g/mol. The Morgan fingerprint density at radius 3 is 2.26 bits per heavy atom. The van der Waals surface area contributed by atoms with Crippen LogP contribution in [0.25, 0.3) is 0 Å². The summed E-state index contributed by atoms with van der Waals surface area (Å²) in [7, 11) is 1.48. The monoisotopic (exact) mass is 521 g/mol. The summed E-state index contributed by atoms with van der Waals surface area (Å²) in [6.07, 6.45) is 9.70. The van der Waals surface area contributed by atoms with E-state index in [4.69, 9.17) is 4.74 Å². The molecular weight excluding hydrogens is 474 g/mol. The zero-order valence-electron chi connectivity index (χ0n) is 24.8. The minimum Gasteiger partial charge on any atom is -0.469 e. The summed E-state index contributed by atoms with van der Waals surface area (Å²) in [6, 6.07) is 2.21. The van der Waals surface area contributed by atoms with Crippen LogP contribution in [0.4, 0.5) is 0 Å². The fraction of sp³-hybridized carbons (Fsp3) is 0.818. The van der Waals surface area contributed by atoms with Crippen LogP contribution >= 0.6 is 0 Å². The zero-order valence-corrected chi connectivity index (χ0v) is 24.8. The highest BCUT2D eigenvalue weighted by molar-refractivity contribution is 6.04. The second-order valence-corrected chi connectivity index (χ2v) is 15.8. The molecule has 0 saturated heterocycles. The van der Waals surface area contributed by atoms with Crippen LogP contribution in [0.15, 0.2) is 11.6 Å². The van der Waals surface area contributed by atoms with Crippen LogP contribution in [0.5, 0.6) is 0 Å². The van der Waals surface area contributed by atoms with Gasteiger partial charge in [0.1, 0.15) is 11.9 Å². The molecule has 0 aromatic rings. The van der Waals surface area contributed by atoms with Crippen molar-refractivity contribution in [2.45, 2.75) is 106 Å². The average Bonchev–Trinajstić information content (AvgIpc) is 2.83. The summed E-state index contributed by atoms with van der Waals surface area (Å²) in [5, 5.41) is 9.90. The van der Waals surface area contributed by atoms with Crippen molar-refractivity contribution in [1.29, 1.82) is 5.26 Å². The highest BCUT2D eigenvalue weighted by Crippen LogP contribution is 2.76. The highest BCUT2D eigenvalue weighted by Gasteiger charge is 2.72. The van der Waals surface area contributed by atoms with E-state index in [-0.39, 0.29) is 68.1 Å². The quantitative estimate of drug-likeness (QED) is 0.371. The second kappa shape index (κ2) is 8.28. The molecule has 4 fully saturated rings. The topological polar surface area (TPSA) is 84.2 Å². The maximum Gasteiger partial charge on any atom is 0.306 e. The third kappa shape index (κ3) is 3.43. The number of ether oxygens (including phenoxy) is 1. The van der Waals surface area contributed by atoms with Gasteiger partial charge in [-0.1, -0.05) is 54.5 Å². The van der Waals surface area contributed by atoms with Crippen molar-refractivity contribution in [3.8, 4) is 6.07 Å². The summed E-state index contributed by atoms with van der Waals surface area (Å²) in [4.78, 5) is 40.4. The van der Waals surface area contributed by atoms with Crippen molar-refractivity contribution in [3.05, 3.63) is 11.6 Å². The van der Waals surface area contributed by atoms with Gasteiger partial charge >= 0.3 is 5.97 Å². The molecule has 0 unspecified atom stereocenters. The van der Waals surface area contributed by atoms with E-state index in [2.05, 4.69) is 40.7 Å². The number of carbonyl (C=O) groups excluding carboxylic acids is 3. The Balaban J connectivity index is 1.62. The number of ketones is 2. The molecule has 0 spiro atoms. The molecule has 0 N–H and O–H groups in total. The molecule has 5 heteroatoms. The van der Waals surface area contributed by atoms with Crippen LogP contribution in [0.2, 0.25) is 0 Å². The Bertz CT molecular complexity index is 1160. The van der Waals surface area contributed by atoms with E-state index in [1.807, 2.05) is 19.9 Å². The Morgan fingerprint density at radius 2 is 1.63 bits per heavy atom. The van der Waals surface area contributed by atoms with E-state index in [1.165, 1.54) is 7.11 Å². The molecule has 0 bridgehead atoms. The minimum absolute atomic E-state index is 0.0491. The van der Waals surface area contributed by atoms with Gasteiger partial charge < -0.3 is 4.74 Å². The molecule has 0 amide bonds. The number of nitrogens with zero attached hydrogens (tertiary/aromatic N) is 1. The largest absolute Gasteiger partial charge is 0.469 e. The minimum atomic E-state index is -0.619. The van der Waals surface area contributed by atoms with Crippen molar-refractivity contribution < 1.29 is 19.1 Å². The molecule has 5 rings (SSSR count). The van der Waals surface area contributed by atoms with Crippen molar-refractivity contribution >= 4 is 17.5 Å². The standard InChI is InChI=1S/C33H47NO4/c1-28(2)11-13-33(18-25(36)38-8)14-12-32(7)26(21(33)17-28)22(35)15-24-30(5)16-20(19-34)27(37)29(3,4)23(30)9-10-31(24,32)6/h16,21,23-24,26H,9-15,17-18H2,1-8H3/t21-,23+,24-,26+,30+,31-,32-,33+/m1/s1. The van der Waals surface area contributed by atoms with Crippen molar-refractivity contribution in [2.24, 2.45) is 56.2 Å². The molecule has 0 radical (unpaired) electrons. The van der Waals surface area contributed by atoms with E-state index in [0.29, 0.717) is 18.6 Å². The first-order valence-corrected chi connectivity index (χ1v) is 14.8. The molecule has 0 aromatic carbocycles. The first-order chi connectivity index (χ1) is 17.5. The van der Waals surface area contributed by atoms with Gasteiger partial charge in [-0.05, 0) is 89.8 Å². The van der Waals surface area contributed by atoms with Crippen molar-refractivity contribution in [3.63, 3.8) is 0 Å². The number of Topliss-reactive ketones (excluding diaryl/α,β-unsaturated/α-hetero) is 2. The number of esters is 1. The second-order valence-electron chi connectivity index (χ2n) is 15.8. The number of hydrogen-bond donors (Lipinski definition) is 0. The van der Waals surface area contributed by atoms with Gasteiger partial charge in [-0.2, -0.15) is 5.26 Å². The number of methoxy groups -OCH3 is 1. The van der Waals surface area contributed by atoms with Gasteiger partial charge in [0, 0.05) is 17.8 Å². The first kappa shape index (κ1) is 27.6. The van der Waals surface area contributed by atoms with Gasteiger partial charge in [-0.15, -0.1) is 0 Å². The summed E-state index contributed by atoms with van der Waals surface area (Å²) < 4.78 is 5.18. The number of allylic oxidation sites excluding steroid dienone is 2. The smallest absolute Gasteiger partial charge is 0.306 e. The van der Waals surface area contributed by atoms with Gasteiger partial charge in [0.25, 0.3) is 0 Å². The fourth-order valence-electron chi connectivity index (χ4n) is 11.1. The Kier molecular flexibility index (Phi) is 6.01. The van der Waals surface area contributed by atoms with Crippen LogP contribution in [0.1, 0.15) is 106 Å². The summed E-state index contributed by atoms with van der Waals surface area (Å²) >= 11 is 0. The maximum absolute atomic E-state index is 14.5. The predicted molar refractivity (Wildman–Crippen MR) is 146 cm³/mol. The molecule has 0 aromatic heterocycles. The van der Waals surface area contributed by atoms with Gasteiger partial charge in [-0.25, -0.2) is 0 Å².